The van der Waals surface area contributed by atoms with Crippen LogP contribution in [0, 0.1) is 23.7 Å². The molecule has 4 rings (SSSR count). The predicted molar refractivity (Wildman–Crippen MR) is 73.1 cm³/mol. The largest absolute Gasteiger partial charge is 0.462 e. The second-order valence-corrected chi connectivity index (χ2v) is 6.49. The van der Waals surface area contributed by atoms with E-state index in [1.165, 1.54) is 12.1 Å². The summed E-state index contributed by atoms with van der Waals surface area (Å²) in [5.41, 5.74) is -0.723. The molecule has 1 amide bonds. The average molecular weight is 325 g/mol. The summed E-state index contributed by atoms with van der Waals surface area (Å²) in [6.45, 7) is 0. The second-order valence-electron chi connectivity index (χ2n) is 6.49. The smallest absolute Gasteiger partial charge is 0.416 e. The molecule has 3 aliphatic rings. The van der Waals surface area contributed by atoms with Crippen molar-refractivity contribution in [2.75, 3.05) is 5.32 Å². The lowest BCUT2D eigenvalue weighted by Gasteiger charge is -2.23. The Labute approximate surface area is 130 Å². The lowest BCUT2D eigenvalue weighted by molar-refractivity contribution is -0.145. The molecule has 3 fully saturated rings. The second kappa shape index (κ2) is 4.72. The van der Waals surface area contributed by atoms with Crippen molar-refractivity contribution < 1.29 is 27.5 Å². The molecule has 2 saturated carbocycles. The van der Waals surface area contributed by atoms with Crippen molar-refractivity contribution in [2.45, 2.75) is 25.1 Å². The first-order chi connectivity index (χ1) is 10.8. The minimum absolute atomic E-state index is 0.0740. The zero-order chi connectivity index (χ0) is 16.4. The van der Waals surface area contributed by atoms with Crippen molar-refractivity contribution in [3.8, 4) is 0 Å². The van der Waals surface area contributed by atoms with Gasteiger partial charge in [0.1, 0.15) is 6.10 Å². The first kappa shape index (κ1) is 14.5. The molecule has 23 heavy (non-hydrogen) atoms. The minimum atomic E-state index is -4.46. The fourth-order valence-corrected chi connectivity index (χ4v) is 4.36. The molecule has 1 aliphatic heterocycles. The van der Waals surface area contributed by atoms with Crippen LogP contribution in [0.15, 0.2) is 24.3 Å². The van der Waals surface area contributed by atoms with Crippen LogP contribution in [0.5, 0.6) is 0 Å². The Kier molecular flexibility index (Phi) is 2.98. The Balaban J connectivity index is 1.54. The van der Waals surface area contributed by atoms with Gasteiger partial charge in [-0.05, 0) is 37.0 Å². The molecule has 0 radical (unpaired) electrons. The number of rotatable bonds is 2. The number of hydrogen-bond donors (Lipinski definition) is 1. The van der Waals surface area contributed by atoms with Crippen molar-refractivity contribution >= 4 is 17.6 Å². The van der Waals surface area contributed by atoms with Gasteiger partial charge >= 0.3 is 12.1 Å². The summed E-state index contributed by atoms with van der Waals surface area (Å²) >= 11 is 0. The summed E-state index contributed by atoms with van der Waals surface area (Å²) in [5, 5.41) is 2.54. The number of carbonyl (C=O) groups is 2. The Hall–Kier alpha value is -2.05. The van der Waals surface area contributed by atoms with E-state index in [9.17, 15) is 22.8 Å². The Morgan fingerprint density at radius 3 is 2.78 bits per heavy atom. The van der Waals surface area contributed by atoms with Gasteiger partial charge in [-0.15, -0.1) is 0 Å². The van der Waals surface area contributed by atoms with Gasteiger partial charge in [0.2, 0.25) is 5.91 Å². The van der Waals surface area contributed by atoms with E-state index in [-0.39, 0.29) is 35.5 Å². The number of benzene rings is 1. The Morgan fingerprint density at radius 1 is 1.26 bits per heavy atom. The van der Waals surface area contributed by atoms with E-state index >= 15 is 0 Å². The third kappa shape index (κ3) is 2.21. The maximum absolute atomic E-state index is 12.7. The third-order valence-corrected chi connectivity index (χ3v) is 5.24. The lowest BCUT2D eigenvalue weighted by atomic mass is 9.79. The molecule has 0 aromatic heterocycles. The fourth-order valence-electron chi connectivity index (χ4n) is 4.36. The van der Waals surface area contributed by atoms with Crippen LogP contribution < -0.4 is 5.32 Å². The molecular weight excluding hydrogens is 311 g/mol. The zero-order valence-corrected chi connectivity index (χ0v) is 12.0. The molecule has 2 bridgehead atoms. The summed E-state index contributed by atoms with van der Waals surface area (Å²) in [6.07, 6.45) is -3.08. The first-order valence-corrected chi connectivity index (χ1v) is 7.53. The van der Waals surface area contributed by atoms with Crippen molar-refractivity contribution in [1.29, 1.82) is 0 Å². The Bertz CT molecular complexity index is 685. The monoisotopic (exact) mass is 325 g/mol. The highest BCUT2D eigenvalue weighted by atomic mass is 19.4. The van der Waals surface area contributed by atoms with Gasteiger partial charge in [0, 0.05) is 11.6 Å². The molecule has 7 heteroatoms. The SMILES string of the molecule is O=C(Nc1cccc(C(F)(F)F)c1)[C@@H]1[C@H]2C[C@H]3[C@H]1C(=O)O[C@H]3C2. The maximum atomic E-state index is 12.7. The molecule has 1 saturated heterocycles. The third-order valence-electron chi connectivity index (χ3n) is 5.24. The van der Waals surface area contributed by atoms with E-state index in [4.69, 9.17) is 4.74 Å². The van der Waals surface area contributed by atoms with Crippen molar-refractivity contribution in [3.63, 3.8) is 0 Å². The normalized spacial score (nSPS) is 34.6. The number of alkyl halides is 3. The van der Waals surface area contributed by atoms with Gasteiger partial charge < -0.3 is 10.1 Å². The number of esters is 1. The fraction of sp³-hybridized carbons (Fsp3) is 0.500. The van der Waals surface area contributed by atoms with Gasteiger partial charge in [0.25, 0.3) is 0 Å². The van der Waals surface area contributed by atoms with Gasteiger partial charge in [-0.25, -0.2) is 0 Å². The topological polar surface area (TPSA) is 55.4 Å². The van der Waals surface area contributed by atoms with Crippen LogP contribution in [-0.2, 0) is 20.5 Å². The first-order valence-electron chi connectivity index (χ1n) is 7.53. The summed E-state index contributed by atoms with van der Waals surface area (Å²) in [5.74, 6) is -1.51. The quantitative estimate of drug-likeness (QED) is 0.851. The molecule has 0 spiro atoms. The van der Waals surface area contributed by atoms with E-state index in [0.717, 1.165) is 18.6 Å². The van der Waals surface area contributed by atoms with E-state index in [1.807, 2.05) is 0 Å². The summed E-state index contributed by atoms with van der Waals surface area (Å²) < 4.78 is 43.5. The van der Waals surface area contributed by atoms with Gasteiger partial charge in [-0.1, -0.05) is 6.07 Å². The molecule has 0 unspecified atom stereocenters. The number of hydrogen-bond acceptors (Lipinski definition) is 3. The summed E-state index contributed by atoms with van der Waals surface area (Å²) in [6, 6.07) is 4.52. The van der Waals surface area contributed by atoms with Crippen LogP contribution in [0.1, 0.15) is 18.4 Å². The molecular formula is C16H14F3NO3. The molecule has 122 valence electrons. The van der Waals surface area contributed by atoms with Gasteiger partial charge in [-0.3, -0.25) is 9.59 Å². The van der Waals surface area contributed by atoms with E-state index in [0.29, 0.717) is 6.42 Å². The molecule has 1 heterocycles. The number of anilines is 1. The van der Waals surface area contributed by atoms with E-state index in [1.54, 1.807) is 0 Å². The molecule has 1 aromatic rings. The van der Waals surface area contributed by atoms with Crippen LogP contribution in [0.4, 0.5) is 18.9 Å². The maximum Gasteiger partial charge on any atom is 0.416 e. The van der Waals surface area contributed by atoms with Crippen molar-refractivity contribution in [2.24, 2.45) is 23.7 Å². The standard InChI is InChI=1S/C16H14F3NO3/c17-16(18,19)8-2-1-3-9(6-8)20-14(21)12-7-4-10-11(5-7)23-15(22)13(10)12/h1-3,6-7,10-13H,4-5H2,(H,20,21)/t7-,10+,11-,12+,13+/m0/s1. The molecule has 2 aliphatic carbocycles. The highest BCUT2D eigenvalue weighted by Crippen LogP contribution is 2.57. The van der Waals surface area contributed by atoms with Crippen LogP contribution in [0.2, 0.25) is 0 Å². The van der Waals surface area contributed by atoms with Crippen LogP contribution in [-0.4, -0.2) is 18.0 Å². The average Bonchev–Trinajstić information content (AvgIpc) is 3.08. The van der Waals surface area contributed by atoms with Crippen molar-refractivity contribution in [3.05, 3.63) is 29.8 Å². The molecule has 1 N–H and O–H groups in total. The van der Waals surface area contributed by atoms with Crippen LogP contribution in [0.25, 0.3) is 0 Å². The highest BCUT2D eigenvalue weighted by molar-refractivity contribution is 5.97. The van der Waals surface area contributed by atoms with Gasteiger partial charge in [-0.2, -0.15) is 13.2 Å². The summed E-state index contributed by atoms with van der Waals surface area (Å²) in [7, 11) is 0. The molecule has 1 aromatic carbocycles. The number of nitrogens with one attached hydrogen (secondary N) is 1. The van der Waals surface area contributed by atoms with E-state index < -0.39 is 23.6 Å². The minimum Gasteiger partial charge on any atom is -0.462 e. The van der Waals surface area contributed by atoms with Crippen molar-refractivity contribution in [1.82, 2.24) is 0 Å². The number of fused-ring (bicyclic) bond motifs is 1. The number of halogens is 3. The predicted octanol–water partition coefficient (Wildman–Crippen LogP) is 2.84. The van der Waals surface area contributed by atoms with E-state index in [2.05, 4.69) is 5.32 Å². The number of carbonyl (C=O) groups excluding carboxylic acids is 2. The van der Waals surface area contributed by atoms with Crippen LogP contribution in [0.3, 0.4) is 0 Å². The van der Waals surface area contributed by atoms with Gasteiger partial charge in [0.15, 0.2) is 0 Å². The molecule has 5 atom stereocenters. The highest BCUT2D eigenvalue weighted by Gasteiger charge is 2.63. The van der Waals surface area contributed by atoms with Gasteiger partial charge in [0.05, 0.1) is 17.4 Å². The number of amides is 1. The zero-order valence-electron chi connectivity index (χ0n) is 12.0. The van der Waals surface area contributed by atoms with Crippen LogP contribution >= 0.6 is 0 Å². The number of ether oxygens (including phenoxy) is 1. The molecule has 4 nitrogen and oxygen atoms in total. The summed E-state index contributed by atoms with van der Waals surface area (Å²) in [4.78, 5) is 24.4. The Morgan fingerprint density at radius 2 is 2.04 bits per heavy atom. The lowest BCUT2D eigenvalue weighted by Crippen LogP contribution is -2.35.